The summed E-state index contributed by atoms with van der Waals surface area (Å²) in [6, 6.07) is 18.7. The smallest absolute Gasteiger partial charge is 0.349 e. The predicted molar refractivity (Wildman–Crippen MR) is 112 cm³/mol. The Kier molecular flexibility index (Phi) is 5.03. The number of pyridine rings is 1. The number of nitrogens with one attached hydrogen (secondary N) is 2. The van der Waals surface area contributed by atoms with Crippen molar-refractivity contribution in [3.05, 3.63) is 95.0 Å². The molecule has 4 aromatic rings. The Hall–Kier alpha value is -3.98. The fourth-order valence-electron chi connectivity index (χ4n) is 2.76. The lowest BCUT2D eigenvalue weighted by atomic mass is 10.1. The summed E-state index contributed by atoms with van der Waals surface area (Å²) in [6.45, 7) is 0. The highest BCUT2D eigenvalue weighted by molar-refractivity contribution is 7.92. The van der Waals surface area contributed by atoms with Crippen LogP contribution in [-0.2, 0) is 10.0 Å². The molecule has 4 rings (SSSR count). The van der Waals surface area contributed by atoms with Gasteiger partial charge in [-0.25, -0.2) is 18.2 Å². The van der Waals surface area contributed by atoms with Gasteiger partial charge in [-0.2, -0.15) is 0 Å². The van der Waals surface area contributed by atoms with Gasteiger partial charge < -0.3 is 9.73 Å². The van der Waals surface area contributed by atoms with Crippen LogP contribution in [0.5, 0.6) is 0 Å². The molecule has 0 aliphatic rings. The molecule has 0 saturated carbocycles. The third kappa shape index (κ3) is 4.06. The highest BCUT2D eigenvalue weighted by Crippen LogP contribution is 2.18. The highest BCUT2D eigenvalue weighted by atomic mass is 32.2. The van der Waals surface area contributed by atoms with Crippen molar-refractivity contribution < 1.29 is 17.6 Å². The van der Waals surface area contributed by atoms with Crippen molar-refractivity contribution in [3.63, 3.8) is 0 Å². The first-order valence-electron chi connectivity index (χ1n) is 8.80. The molecule has 0 spiro atoms. The second-order valence-corrected chi connectivity index (χ2v) is 7.97. The van der Waals surface area contributed by atoms with Crippen LogP contribution in [0.4, 0.5) is 11.5 Å². The number of benzene rings is 2. The van der Waals surface area contributed by atoms with Gasteiger partial charge in [-0.3, -0.25) is 9.52 Å². The third-order valence-electron chi connectivity index (χ3n) is 4.21. The van der Waals surface area contributed by atoms with Gasteiger partial charge in [0.1, 0.15) is 17.0 Å². The van der Waals surface area contributed by atoms with Crippen molar-refractivity contribution in [3.8, 4) is 0 Å². The van der Waals surface area contributed by atoms with Gasteiger partial charge in [0.15, 0.2) is 0 Å². The number of para-hydroxylation sites is 1. The normalized spacial score (nSPS) is 11.2. The zero-order chi connectivity index (χ0) is 21.1. The van der Waals surface area contributed by atoms with Crippen LogP contribution in [0.2, 0.25) is 0 Å². The largest absolute Gasteiger partial charge is 0.422 e. The van der Waals surface area contributed by atoms with Crippen molar-refractivity contribution >= 4 is 38.4 Å². The molecular weight excluding hydrogens is 406 g/mol. The molecule has 0 saturated heterocycles. The molecule has 1 amide bonds. The molecule has 9 heteroatoms. The first-order chi connectivity index (χ1) is 14.4. The molecule has 150 valence electrons. The first-order valence-corrected chi connectivity index (χ1v) is 10.3. The maximum atomic E-state index is 12.5. The van der Waals surface area contributed by atoms with Crippen LogP contribution in [-0.4, -0.2) is 19.3 Å². The lowest BCUT2D eigenvalue weighted by Crippen LogP contribution is -2.20. The van der Waals surface area contributed by atoms with E-state index in [4.69, 9.17) is 4.42 Å². The molecule has 0 unspecified atom stereocenters. The quantitative estimate of drug-likeness (QED) is 0.478. The molecule has 2 aromatic heterocycles. The van der Waals surface area contributed by atoms with Crippen molar-refractivity contribution in [1.29, 1.82) is 0 Å². The molecule has 0 aliphatic heterocycles. The van der Waals surface area contributed by atoms with E-state index < -0.39 is 21.6 Å². The van der Waals surface area contributed by atoms with Crippen LogP contribution in [0.1, 0.15) is 10.4 Å². The second-order valence-electron chi connectivity index (χ2n) is 6.28. The fraction of sp³-hybridized carbons (Fsp3) is 0. The maximum absolute atomic E-state index is 12.5. The maximum Gasteiger partial charge on any atom is 0.349 e. The molecule has 0 bridgehead atoms. The molecule has 0 atom stereocenters. The zero-order valence-corrected chi connectivity index (χ0v) is 16.2. The van der Waals surface area contributed by atoms with E-state index in [0.717, 1.165) is 0 Å². The minimum atomic E-state index is -3.83. The highest BCUT2D eigenvalue weighted by Gasteiger charge is 2.17. The standard InChI is InChI=1S/C21H15N3O5S/c25-20(17-13-14-5-1-2-6-18(14)29-21(17)26)23-15-8-10-16(11-9-15)30(27,28)24-19-7-3-4-12-22-19/h1-13H,(H,22,24)(H,23,25). The summed E-state index contributed by atoms with van der Waals surface area (Å²) in [6.07, 6.45) is 1.47. The Morgan fingerprint density at radius 3 is 2.40 bits per heavy atom. The summed E-state index contributed by atoms with van der Waals surface area (Å²) in [4.78, 5) is 28.5. The number of rotatable bonds is 5. The molecule has 2 heterocycles. The van der Waals surface area contributed by atoms with E-state index in [2.05, 4.69) is 15.0 Å². The van der Waals surface area contributed by atoms with Crippen molar-refractivity contribution in [2.24, 2.45) is 0 Å². The van der Waals surface area contributed by atoms with Gasteiger partial charge in [0, 0.05) is 17.3 Å². The third-order valence-corrected chi connectivity index (χ3v) is 5.58. The van der Waals surface area contributed by atoms with Gasteiger partial charge in [0.2, 0.25) is 0 Å². The molecule has 30 heavy (non-hydrogen) atoms. The van der Waals surface area contributed by atoms with Crippen molar-refractivity contribution in [2.75, 3.05) is 10.0 Å². The van der Waals surface area contributed by atoms with Gasteiger partial charge in [-0.1, -0.05) is 24.3 Å². The monoisotopic (exact) mass is 421 g/mol. The van der Waals surface area contributed by atoms with E-state index in [1.807, 2.05) is 0 Å². The van der Waals surface area contributed by atoms with Crippen molar-refractivity contribution in [2.45, 2.75) is 4.90 Å². The van der Waals surface area contributed by atoms with E-state index >= 15 is 0 Å². The summed E-state index contributed by atoms with van der Waals surface area (Å²) in [5.74, 6) is -0.463. The van der Waals surface area contributed by atoms with Gasteiger partial charge in [-0.05, 0) is 48.5 Å². The van der Waals surface area contributed by atoms with E-state index in [0.29, 0.717) is 16.7 Å². The minimum absolute atomic E-state index is 0.00336. The molecule has 2 N–H and O–H groups in total. The van der Waals surface area contributed by atoms with Crippen LogP contribution >= 0.6 is 0 Å². The number of fused-ring (bicyclic) bond motifs is 1. The van der Waals surface area contributed by atoms with Gasteiger partial charge in [0.25, 0.3) is 15.9 Å². The number of hydrogen-bond donors (Lipinski definition) is 2. The van der Waals surface area contributed by atoms with E-state index in [1.54, 1.807) is 36.4 Å². The summed E-state index contributed by atoms with van der Waals surface area (Å²) in [5.41, 5.74) is -0.203. The Bertz CT molecular complexity index is 1380. The SMILES string of the molecule is O=C(Nc1ccc(S(=O)(=O)Nc2ccccn2)cc1)c1cc2ccccc2oc1=O. The number of aromatic nitrogens is 1. The molecular formula is C21H15N3O5S. The van der Waals surface area contributed by atoms with Crippen LogP contribution in [0, 0.1) is 0 Å². The lowest BCUT2D eigenvalue weighted by molar-refractivity contribution is 0.102. The van der Waals surface area contributed by atoms with E-state index in [1.165, 1.54) is 42.6 Å². The summed E-state index contributed by atoms with van der Waals surface area (Å²) in [7, 11) is -3.83. The molecule has 0 fully saturated rings. The Labute approximate surface area is 171 Å². The second kappa shape index (κ2) is 7.80. The number of hydrogen-bond acceptors (Lipinski definition) is 6. The first kappa shape index (κ1) is 19.3. The Morgan fingerprint density at radius 1 is 0.933 bits per heavy atom. The molecule has 0 aliphatic carbocycles. The predicted octanol–water partition coefficient (Wildman–Crippen LogP) is 3.24. The number of carbonyl (C=O) groups is 1. The fourth-order valence-corrected chi connectivity index (χ4v) is 3.76. The molecule has 8 nitrogen and oxygen atoms in total. The average Bonchev–Trinajstić information content (AvgIpc) is 2.74. The number of sulfonamides is 1. The van der Waals surface area contributed by atoms with E-state index in [9.17, 15) is 18.0 Å². The van der Waals surface area contributed by atoms with Gasteiger partial charge in [0.05, 0.1) is 4.90 Å². The molecule has 2 aromatic carbocycles. The summed E-state index contributed by atoms with van der Waals surface area (Å²) in [5, 5.41) is 3.18. The lowest BCUT2D eigenvalue weighted by Gasteiger charge is -2.09. The van der Waals surface area contributed by atoms with Crippen LogP contribution in [0.25, 0.3) is 11.0 Å². The Balaban J connectivity index is 1.53. The number of amides is 1. The Morgan fingerprint density at radius 2 is 1.67 bits per heavy atom. The molecule has 0 radical (unpaired) electrons. The number of carbonyl (C=O) groups excluding carboxylic acids is 1. The van der Waals surface area contributed by atoms with Crippen molar-refractivity contribution in [1.82, 2.24) is 4.98 Å². The van der Waals surface area contributed by atoms with E-state index in [-0.39, 0.29) is 16.3 Å². The summed E-state index contributed by atoms with van der Waals surface area (Å²) < 4.78 is 32.4. The summed E-state index contributed by atoms with van der Waals surface area (Å²) >= 11 is 0. The van der Waals surface area contributed by atoms with Crippen LogP contribution in [0.15, 0.2) is 93.1 Å². The van der Waals surface area contributed by atoms with Crippen LogP contribution < -0.4 is 15.7 Å². The van der Waals surface area contributed by atoms with Gasteiger partial charge >= 0.3 is 5.63 Å². The topological polar surface area (TPSA) is 118 Å². The van der Waals surface area contributed by atoms with Gasteiger partial charge in [-0.15, -0.1) is 0 Å². The average molecular weight is 421 g/mol. The number of nitrogens with zero attached hydrogens (tertiary/aromatic N) is 1. The van der Waals surface area contributed by atoms with Crippen LogP contribution in [0.3, 0.4) is 0 Å². The zero-order valence-electron chi connectivity index (χ0n) is 15.4. The number of anilines is 2. The minimum Gasteiger partial charge on any atom is -0.422 e.